The SMILES string of the molecule is C#Cc1ccnn1CCOc1ccc(S(=O)(=O)N2CCOCC2)cc1. The van der Waals surface area contributed by atoms with E-state index < -0.39 is 10.0 Å². The number of ether oxygens (including phenoxy) is 2. The van der Waals surface area contributed by atoms with Gasteiger partial charge in [-0.3, -0.25) is 4.68 Å². The first-order chi connectivity index (χ1) is 12.1. The van der Waals surface area contributed by atoms with Gasteiger partial charge in [-0.25, -0.2) is 8.42 Å². The molecule has 0 N–H and O–H groups in total. The molecule has 7 nitrogen and oxygen atoms in total. The van der Waals surface area contributed by atoms with E-state index in [4.69, 9.17) is 15.9 Å². The maximum Gasteiger partial charge on any atom is 0.243 e. The molecule has 0 unspecified atom stereocenters. The maximum atomic E-state index is 12.5. The molecule has 2 heterocycles. The van der Waals surface area contributed by atoms with Crippen molar-refractivity contribution in [3.63, 3.8) is 0 Å². The fraction of sp³-hybridized carbons (Fsp3) is 0.353. The summed E-state index contributed by atoms with van der Waals surface area (Å²) < 4.78 is 39.0. The summed E-state index contributed by atoms with van der Waals surface area (Å²) in [6, 6.07) is 8.17. The highest BCUT2D eigenvalue weighted by molar-refractivity contribution is 7.89. The Morgan fingerprint density at radius 3 is 2.60 bits per heavy atom. The van der Waals surface area contributed by atoms with Crippen LogP contribution in [-0.4, -0.2) is 55.4 Å². The number of hydrogen-bond donors (Lipinski definition) is 0. The Morgan fingerprint density at radius 1 is 1.20 bits per heavy atom. The Hall–Kier alpha value is -2.34. The number of sulfonamides is 1. The van der Waals surface area contributed by atoms with Crippen LogP contribution >= 0.6 is 0 Å². The second-order valence-corrected chi connectivity index (χ2v) is 7.36. The molecule has 1 aliphatic rings. The summed E-state index contributed by atoms with van der Waals surface area (Å²) in [5.74, 6) is 3.14. The molecule has 1 aromatic carbocycles. The van der Waals surface area contributed by atoms with Crippen LogP contribution in [0.3, 0.4) is 0 Å². The van der Waals surface area contributed by atoms with Gasteiger partial charge < -0.3 is 9.47 Å². The molecule has 2 aromatic rings. The predicted octanol–water partition coefficient (Wildman–Crippen LogP) is 0.964. The highest BCUT2D eigenvalue weighted by Crippen LogP contribution is 2.20. The van der Waals surface area contributed by atoms with Crippen LogP contribution < -0.4 is 4.74 Å². The van der Waals surface area contributed by atoms with Gasteiger partial charge in [0.1, 0.15) is 18.1 Å². The smallest absolute Gasteiger partial charge is 0.243 e. The number of terminal acetylenes is 1. The van der Waals surface area contributed by atoms with Gasteiger partial charge in [0.25, 0.3) is 0 Å². The molecule has 0 spiro atoms. The minimum Gasteiger partial charge on any atom is -0.492 e. The summed E-state index contributed by atoms with van der Waals surface area (Å²) in [5, 5.41) is 4.12. The first kappa shape index (κ1) is 17.5. The Morgan fingerprint density at radius 2 is 1.92 bits per heavy atom. The van der Waals surface area contributed by atoms with Crippen LogP contribution in [0, 0.1) is 12.3 Å². The molecule has 0 radical (unpaired) electrons. The zero-order valence-electron chi connectivity index (χ0n) is 13.7. The van der Waals surface area contributed by atoms with Crippen molar-refractivity contribution in [1.29, 1.82) is 0 Å². The maximum absolute atomic E-state index is 12.5. The van der Waals surface area contributed by atoms with Gasteiger partial charge in [0, 0.05) is 13.1 Å². The van der Waals surface area contributed by atoms with Crippen molar-refractivity contribution >= 4 is 10.0 Å². The Bertz CT molecular complexity index is 847. The third-order valence-electron chi connectivity index (χ3n) is 3.87. The van der Waals surface area contributed by atoms with Gasteiger partial charge in [-0.15, -0.1) is 6.42 Å². The molecule has 0 saturated carbocycles. The van der Waals surface area contributed by atoms with Crippen molar-refractivity contribution in [2.24, 2.45) is 0 Å². The van der Waals surface area contributed by atoms with Crippen LogP contribution in [-0.2, 0) is 21.3 Å². The molecule has 1 aromatic heterocycles. The van der Waals surface area contributed by atoms with E-state index in [-0.39, 0.29) is 4.90 Å². The molecule has 3 rings (SSSR count). The topological polar surface area (TPSA) is 73.7 Å². The first-order valence-corrected chi connectivity index (χ1v) is 9.34. The van der Waals surface area contributed by atoms with Gasteiger partial charge in [0.05, 0.1) is 30.9 Å². The third kappa shape index (κ3) is 4.02. The lowest BCUT2D eigenvalue weighted by Gasteiger charge is -2.26. The summed E-state index contributed by atoms with van der Waals surface area (Å²) in [6.45, 7) is 2.50. The van der Waals surface area contributed by atoms with Gasteiger partial charge >= 0.3 is 0 Å². The lowest BCUT2D eigenvalue weighted by atomic mass is 10.3. The largest absolute Gasteiger partial charge is 0.492 e. The van der Waals surface area contributed by atoms with Crippen LogP contribution in [0.5, 0.6) is 5.75 Å². The van der Waals surface area contributed by atoms with E-state index in [0.29, 0.717) is 50.9 Å². The number of morpholine rings is 1. The molecule has 132 valence electrons. The molecule has 0 aliphatic carbocycles. The molecule has 25 heavy (non-hydrogen) atoms. The van der Waals surface area contributed by atoms with Crippen molar-refractivity contribution in [2.45, 2.75) is 11.4 Å². The van der Waals surface area contributed by atoms with Crippen LogP contribution in [0.1, 0.15) is 5.69 Å². The van der Waals surface area contributed by atoms with Crippen LogP contribution in [0.25, 0.3) is 0 Å². The van der Waals surface area contributed by atoms with Gasteiger partial charge in [-0.1, -0.05) is 5.92 Å². The van der Waals surface area contributed by atoms with E-state index >= 15 is 0 Å². The molecule has 0 atom stereocenters. The minimum atomic E-state index is -3.48. The zero-order chi connectivity index (χ0) is 17.7. The standard InChI is InChI=1S/C17H19N3O4S/c1-2-15-7-8-18-20(15)11-14-24-16-3-5-17(6-4-16)25(21,22)19-9-12-23-13-10-19/h1,3-8H,9-14H2. The van der Waals surface area contributed by atoms with Gasteiger partial charge in [-0.05, 0) is 30.3 Å². The fourth-order valence-corrected chi connectivity index (χ4v) is 3.94. The first-order valence-electron chi connectivity index (χ1n) is 7.90. The summed E-state index contributed by atoms with van der Waals surface area (Å²) in [6.07, 6.45) is 7.02. The predicted molar refractivity (Wildman–Crippen MR) is 91.7 cm³/mol. The Kier molecular flexibility index (Phi) is 5.38. The minimum absolute atomic E-state index is 0.253. The average Bonchev–Trinajstić information content (AvgIpc) is 3.10. The highest BCUT2D eigenvalue weighted by Gasteiger charge is 2.26. The lowest BCUT2D eigenvalue weighted by molar-refractivity contribution is 0.0730. The second kappa shape index (κ2) is 7.70. The monoisotopic (exact) mass is 361 g/mol. The van der Waals surface area contributed by atoms with Crippen molar-refractivity contribution in [2.75, 3.05) is 32.9 Å². The Labute approximate surface area is 147 Å². The number of hydrogen-bond acceptors (Lipinski definition) is 5. The number of rotatable bonds is 6. The lowest BCUT2D eigenvalue weighted by Crippen LogP contribution is -2.40. The van der Waals surface area contributed by atoms with E-state index in [9.17, 15) is 8.42 Å². The van der Waals surface area contributed by atoms with Crippen molar-refractivity contribution in [3.05, 3.63) is 42.2 Å². The van der Waals surface area contributed by atoms with Crippen molar-refractivity contribution < 1.29 is 17.9 Å². The van der Waals surface area contributed by atoms with Crippen LogP contribution in [0.4, 0.5) is 0 Å². The van der Waals surface area contributed by atoms with E-state index in [1.54, 1.807) is 41.2 Å². The summed E-state index contributed by atoms with van der Waals surface area (Å²) in [7, 11) is -3.48. The zero-order valence-corrected chi connectivity index (χ0v) is 14.5. The molecular weight excluding hydrogens is 342 g/mol. The van der Waals surface area contributed by atoms with Gasteiger partial charge in [0.2, 0.25) is 10.0 Å². The highest BCUT2D eigenvalue weighted by atomic mass is 32.2. The molecule has 1 aliphatic heterocycles. The third-order valence-corrected chi connectivity index (χ3v) is 5.78. The number of nitrogens with zero attached hydrogens (tertiary/aromatic N) is 3. The average molecular weight is 361 g/mol. The quantitative estimate of drug-likeness (QED) is 0.717. The van der Waals surface area contributed by atoms with E-state index in [2.05, 4.69) is 11.0 Å². The summed E-state index contributed by atoms with van der Waals surface area (Å²) in [4.78, 5) is 0.253. The van der Waals surface area contributed by atoms with Gasteiger partial charge in [-0.2, -0.15) is 9.40 Å². The summed E-state index contributed by atoms with van der Waals surface area (Å²) in [5.41, 5.74) is 0.690. The number of aromatic nitrogens is 2. The fourth-order valence-electron chi connectivity index (χ4n) is 2.53. The summed E-state index contributed by atoms with van der Waals surface area (Å²) >= 11 is 0. The number of benzene rings is 1. The van der Waals surface area contributed by atoms with E-state index in [1.165, 1.54) is 4.31 Å². The van der Waals surface area contributed by atoms with E-state index in [1.807, 2.05) is 0 Å². The van der Waals surface area contributed by atoms with Crippen LogP contribution in [0.15, 0.2) is 41.4 Å². The molecule has 0 bridgehead atoms. The molecule has 8 heteroatoms. The van der Waals surface area contributed by atoms with Crippen molar-refractivity contribution in [1.82, 2.24) is 14.1 Å². The second-order valence-electron chi connectivity index (χ2n) is 5.42. The molecule has 0 amide bonds. The van der Waals surface area contributed by atoms with Gasteiger partial charge in [0.15, 0.2) is 0 Å². The Balaban J connectivity index is 1.59. The molecule has 1 saturated heterocycles. The van der Waals surface area contributed by atoms with E-state index in [0.717, 1.165) is 0 Å². The molecule has 1 fully saturated rings. The molecular formula is C17H19N3O4S. The normalized spacial score (nSPS) is 15.6. The van der Waals surface area contributed by atoms with Crippen molar-refractivity contribution in [3.8, 4) is 18.1 Å². The van der Waals surface area contributed by atoms with Crippen LogP contribution in [0.2, 0.25) is 0 Å².